The number of benzene rings is 2. The van der Waals surface area contributed by atoms with Crippen molar-refractivity contribution >= 4 is 16.8 Å². The zero-order valence-corrected chi connectivity index (χ0v) is 11.1. The Hall–Kier alpha value is -2.83. The Kier molecular flexibility index (Phi) is 3.32. The van der Waals surface area contributed by atoms with Crippen LogP contribution in [0.2, 0.25) is 0 Å². The van der Waals surface area contributed by atoms with Gasteiger partial charge in [0.05, 0.1) is 5.52 Å². The molecule has 3 rings (SSSR count). The van der Waals surface area contributed by atoms with E-state index in [9.17, 15) is 18.0 Å². The minimum absolute atomic E-state index is 0.0669. The fourth-order valence-electron chi connectivity index (χ4n) is 2.38. The Morgan fingerprint density at radius 1 is 1.23 bits per heavy atom. The van der Waals surface area contributed by atoms with Crippen molar-refractivity contribution in [2.75, 3.05) is 0 Å². The number of hydrogen-bond donors (Lipinski definition) is 2. The van der Waals surface area contributed by atoms with Gasteiger partial charge < -0.3 is 5.73 Å². The molecule has 0 bridgehead atoms. The molecular formula is C15H10F3N3O. The van der Waals surface area contributed by atoms with E-state index in [2.05, 4.69) is 10.2 Å². The van der Waals surface area contributed by atoms with Gasteiger partial charge in [0.15, 0.2) is 0 Å². The summed E-state index contributed by atoms with van der Waals surface area (Å²) < 4.78 is 39.5. The van der Waals surface area contributed by atoms with E-state index in [0.29, 0.717) is 5.39 Å². The lowest BCUT2D eigenvalue weighted by molar-refractivity contribution is 0.100. The third-order valence-electron chi connectivity index (χ3n) is 3.37. The quantitative estimate of drug-likeness (QED) is 0.778. The molecule has 7 heteroatoms. The van der Waals surface area contributed by atoms with Crippen molar-refractivity contribution in [2.45, 2.75) is 6.43 Å². The average Bonchev–Trinajstić information content (AvgIpc) is 2.90. The van der Waals surface area contributed by atoms with Crippen LogP contribution in [0.1, 0.15) is 22.3 Å². The SMILES string of the molecule is NC(=O)c1ccc(F)cc1-c1n[nH]c2c(C(F)F)cccc12. The van der Waals surface area contributed by atoms with E-state index in [1.54, 1.807) is 6.07 Å². The lowest BCUT2D eigenvalue weighted by atomic mass is 10.00. The van der Waals surface area contributed by atoms with Gasteiger partial charge in [-0.2, -0.15) is 5.10 Å². The van der Waals surface area contributed by atoms with Crippen LogP contribution in [0.4, 0.5) is 13.2 Å². The minimum Gasteiger partial charge on any atom is -0.366 e. The van der Waals surface area contributed by atoms with Gasteiger partial charge in [-0.25, -0.2) is 13.2 Å². The van der Waals surface area contributed by atoms with Crippen molar-refractivity contribution in [1.29, 1.82) is 0 Å². The monoisotopic (exact) mass is 305 g/mol. The van der Waals surface area contributed by atoms with Gasteiger partial charge in [0.25, 0.3) is 6.43 Å². The molecule has 0 aliphatic rings. The predicted octanol–water partition coefficient (Wildman–Crippen LogP) is 3.41. The molecule has 0 spiro atoms. The third kappa shape index (κ3) is 2.20. The molecule has 1 heterocycles. The molecule has 3 N–H and O–H groups in total. The number of halogens is 3. The molecule has 0 aliphatic heterocycles. The summed E-state index contributed by atoms with van der Waals surface area (Å²) in [5.41, 5.74) is 5.63. The number of carbonyl (C=O) groups is 1. The summed E-state index contributed by atoms with van der Waals surface area (Å²) in [6.07, 6.45) is -2.68. The Balaban J connectivity index is 2.30. The number of alkyl halides is 2. The van der Waals surface area contributed by atoms with Crippen LogP contribution < -0.4 is 5.73 Å². The van der Waals surface area contributed by atoms with Gasteiger partial charge in [-0.05, 0) is 18.2 Å². The van der Waals surface area contributed by atoms with Crippen molar-refractivity contribution in [3.8, 4) is 11.3 Å². The third-order valence-corrected chi connectivity index (χ3v) is 3.37. The largest absolute Gasteiger partial charge is 0.366 e. The number of aromatic amines is 1. The van der Waals surface area contributed by atoms with Crippen molar-refractivity contribution in [3.63, 3.8) is 0 Å². The number of nitrogens with two attached hydrogens (primary N) is 1. The van der Waals surface area contributed by atoms with Crippen LogP contribution >= 0.6 is 0 Å². The zero-order valence-electron chi connectivity index (χ0n) is 11.1. The topological polar surface area (TPSA) is 71.8 Å². The Morgan fingerprint density at radius 3 is 2.68 bits per heavy atom. The summed E-state index contributed by atoms with van der Waals surface area (Å²) in [6, 6.07) is 7.73. The maximum Gasteiger partial charge on any atom is 0.265 e. The van der Waals surface area contributed by atoms with E-state index in [-0.39, 0.29) is 27.9 Å². The predicted molar refractivity (Wildman–Crippen MR) is 75.0 cm³/mol. The van der Waals surface area contributed by atoms with E-state index in [1.807, 2.05) is 0 Å². The molecule has 22 heavy (non-hydrogen) atoms. The van der Waals surface area contributed by atoms with Crippen LogP contribution in [0, 0.1) is 5.82 Å². The van der Waals surface area contributed by atoms with Gasteiger partial charge in [-0.1, -0.05) is 18.2 Å². The highest BCUT2D eigenvalue weighted by Gasteiger charge is 2.19. The number of rotatable bonds is 3. The Labute approximate surface area is 122 Å². The van der Waals surface area contributed by atoms with Gasteiger partial charge in [0, 0.05) is 22.1 Å². The van der Waals surface area contributed by atoms with Crippen LogP contribution in [-0.2, 0) is 0 Å². The van der Waals surface area contributed by atoms with E-state index >= 15 is 0 Å². The molecule has 4 nitrogen and oxygen atoms in total. The molecule has 0 saturated carbocycles. The number of fused-ring (bicyclic) bond motifs is 1. The summed E-state index contributed by atoms with van der Waals surface area (Å²) in [5.74, 6) is -1.34. The number of nitrogens with zero attached hydrogens (tertiary/aromatic N) is 1. The van der Waals surface area contributed by atoms with Crippen molar-refractivity contribution in [2.24, 2.45) is 5.73 Å². The molecule has 112 valence electrons. The first kappa shape index (κ1) is 14.1. The first-order valence-corrected chi connectivity index (χ1v) is 6.34. The summed E-state index contributed by atoms with van der Waals surface area (Å²) in [4.78, 5) is 11.5. The number of para-hydroxylation sites is 1. The molecule has 0 saturated heterocycles. The molecule has 1 aromatic heterocycles. The van der Waals surface area contributed by atoms with Crippen molar-refractivity contribution in [3.05, 3.63) is 53.3 Å². The van der Waals surface area contributed by atoms with Gasteiger partial charge in [0.1, 0.15) is 11.5 Å². The molecule has 0 aliphatic carbocycles. The highest BCUT2D eigenvalue weighted by atomic mass is 19.3. The highest BCUT2D eigenvalue weighted by Crippen LogP contribution is 2.33. The number of hydrogen-bond acceptors (Lipinski definition) is 2. The molecule has 0 unspecified atom stereocenters. The van der Waals surface area contributed by atoms with E-state index in [4.69, 9.17) is 5.73 Å². The number of primary amides is 1. The zero-order chi connectivity index (χ0) is 15.9. The first-order chi connectivity index (χ1) is 10.5. The van der Waals surface area contributed by atoms with Gasteiger partial charge in [-0.3, -0.25) is 9.89 Å². The van der Waals surface area contributed by atoms with E-state index in [1.165, 1.54) is 18.2 Å². The van der Waals surface area contributed by atoms with Crippen LogP contribution in [-0.4, -0.2) is 16.1 Å². The second kappa shape index (κ2) is 5.18. The maximum atomic E-state index is 13.5. The fraction of sp³-hybridized carbons (Fsp3) is 0.0667. The number of H-pyrrole nitrogens is 1. The molecule has 3 aromatic rings. The fourth-order valence-corrected chi connectivity index (χ4v) is 2.38. The summed E-state index contributed by atoms with van der Waals surface area (Å²) in [6.45, 7) is 0. The summed E-state index contributed by atoms with van der Waals surface area (Å²) >= 11 is 0. The number of amides is 1. The van der Waals surface area contributed by atoms with Crippen LogP contribution in [0.15, 0.2) is 36.4 Å². The normalized spacial score (nSPS) is 11.3. The van der Waals surface area contributed by atoms with Crippen molar-refractivity contribution in [1.82, 2.24) is 10.2 Å². The molecular weight excluding hydrogens is 295 g/mol. The summed E-state index contributed by atoms with van der Waals surface area (Å²) in [5, 5.41) is 6.84. The maximum absolute atomic E-state index is 13.5. The van der Waals surface area contributed by atoms with Crippen LogP contribution in [0.5, 0.6) is 0 Å². The van der Waals surface area contributed by atoms with E-state index < -0.39 is 18.1 Å². The van der Waals surface area contributed by atoms with Crippen LogP contribution in [0.25, 0.3) is 22.2 Å². The number of nitrogens with one attached hydrogen (secondary N) is 1. The highest BCUT2D eigenvalue weighted by molar-refractivity contribution is 6.04. The lowest BCUT2D eigenvalue weighted by Gasteiger charge is -2.05. The average molecular weight is 305 g/mol. The van der Waals surface area contributed by atoms with Crippen molar-refractivity contribution < 1.29 is 18.0 Å². The standard InChI is InChI=1S/C15H10F3N3O/c16-7-4-5-8(15(19)22)11(6-7)13-9-2-1-3-10(14(17)18)12(9)20-21-13/h1-6,14H,(H2,19,22)(H,20,21). The van der Waals surface area contributed by atoms with Crippen LogP contribution in [0.3, 0.4) is 0 Å². The second-order valence-electron chi connectivity index (χ2n) is 4.70. The summed E-state index contributed by atoms with van der Waals surface area (Å²) in [7, 11) is 0. The minimum atomic E-state index is -2.68. The smallest absolute Gasteiger partial charge is 0.265 e. The lowest BCUT2D eigenvalue weighted by Crippen LogP contribution is -2.12. The number of carbonyl (C=O) groups excluding carboxylic acids is 1. The molecule has 0 atom stereocenters. The van der Waals surface area contributed by atoms with Gasteiger partial charge in [-0.15, -0.1) is 0 Å². The Bertz CT molecular complexity index is 874. The molecule has 1 amide bonds. The molecule has 2 aromatic carbocycles. The van der Waals surface area contributed by atoms with E-state index in [0.717, 1.165) is 12.1 Å². The number of aromatic nitrogens is 2. The molecule has 0 radical (unpaired) electrons. The van der Waals surface area contributed by atoms with Gasteiger partial charge in [0.2, 0.25) is 5.91 Å². The van der Waals surface area contributed by atoms with Gasteiger partial charge >= 0.3 is 0 Å². The second-order valence-corrected chi connectivity index (χ2v) is 4.70. The first-order valence-electron chi connectivity index (χ1n) is 6.34. The Morgan fingerprint density at radius 2 is 2.00 bits per heavy atom. The molecule has 0 fully saturated rings.